The van der Waals surface area contributed by atoms with Gasteiger partial charge in [-0.3, -0.25) is 0 Å². The Bertz CT molecular complexity index is 261. The number of methoxy groups -OCH3 is 2. The molecule has 4 nitrogen and oxygen atoms in total. The van der Waals surface area contributed by atoms with Crippen LogP contribution in [0, 0.1) is 0 Å². The fourth-order valence-corrected chi connectivity index (χ4v) is 0.951. The molecule has 0 spiro atoms. The van der Waals surface area contributed by atoms with Gasteiger partial charge in [0.05, 0.1) is 25.1 Å². The van der Waals surface area contributed by atoms with Crippen LogP contribution in [0.2, 0.25) is 0 Å². The molecule has 0 amide bonds. The average molecular weight is 196 g/mol. The van der Waals surface area contributed by atoms with Crippen molar-refractivity contribution in [2.75, 3.05) is 26.1 Å². The highest BCUT2D eigenvalue weighted by molar-refractivity contribution is 5.41. The number of pyridine rings is 1. The molecule has 1 aromatic heterocycles. The van der Waals surface area contributed by atoms with Crippen molar-refractivity contribution in [2.45, 2.75) is 13.0 Å². The maximum Gasteiger partial charge on any atom is 0.213 e. The maximum atomic E-state index is 5.11. The monoisotopic (exact) mass is 196 g/mol. The van der Waals surface area contributed by atoms with Crippen LogP contribution in [0.1, 0.15) is 6.92 Å². The summed E-state index contributed by atoms with van der Waals surface area (Å²) in [6, 6.07) is 3.74. The second-order valence-electron chi connectivity index (χ2n) is 3.02. The highest BCUT2D eigenvalue weighted by Gasteiger charge is 1.99. The Labute approximate surface area is 84.3 Å². The van der Waals surface area contributed by atoms with Gasteiger partial charge in [-0.2, -0.15) is 0 Å². The van der Waals surface area contributed by atoms with Crippen molar-refractivity contribution in [1.82, 2.24) is 4.98 Å². The van der Waals surface area contributed by atoms with E-state index in [0.717, 1.165) is 12.2 Å². The molecule has 14 heavy (non-hydrogen) atoms. The number of anilines is 1. The lowest BCUT2D eigenvalue weighted by Crippen LogP contribution is -2.18. The predicted octanol–water partition coefficient (Wildman–Crippen LogP) is 1.54. The van der Waals surface area contributed by atoms with Gasteiger partial charge in [-0.05, 0) is 13.0 Å². The zero-order valence-electron chi connectivity index (χ0n) is 8.78. The summed E-state index contributed by atoms with van der Waals surface area (Å²) in [6.07, 6.45) is 1.93. The number of rotatable bonds is 5. The molecular weight excluding hydrogens is 180 g/mol. The number of hydrogen-bond acceptors (Lipinski definition) is 4. The minimum absolute atomic E-state index is 0.192. The molecule has 0 aromatic carbocycles. The lowest BCUT2D eigenvalue weighted by atomic mass is 10.3. The van der Waals surface area contributed by atoms with Crippen molar-refractivity contribution < 1.29 is 9.47 Å². The lowest BCUT2D eigenvalue weighted by Gasteiger charge is -2.11. The van der Waals surface area contributed by atoms with Crippen LogP contribution in [0.3, 0.4) is 0 Å². The van der Waals surface area contributed by atoms with Gasteiger partial charge in [0.15, 0.2) is 0 Å². The van der Waals surface area contributed by atoms with Gasteiger partial charge in [-0.25, -0.2) is 4.98 Å². The van der Waals surface area contributed by atoms with Crippen LogP contribution in [0.5, 0.6) is 5.88 Å². The molecule has 1 unspecified atom stereocenters. The van der Waals surface area contributed by atoms with E-state index in [0.29, 0.717) is 5.88 Å². The van der Waals surface area contributed by atoms with E-state index in [1.165, 1.54) is 0 Å². The molecule has 0 fully saturated rings. The molecule has 1 N–H and O–H groups in total. The number of ether oxygens (including phenoxy) is 2. The Kier molecular flexibility index (Phi) is 4.19. The van der Waals surface area contributed by atoms with Crippen LogP contribution in [0.25, 0.3) is 0 Å². The molecule has 4 heteroatoms. The van der Waals surface area contributed by atoms with Gasteiger partial charge in [0.25, 0.3) is 0 Å². The topological polar surface area (TPSA) is 43.4 Å². The number of hydrogen-bond donors (Lipinski definition) is 1. The molecule has 0 aliphatic heterocycles. The van der Waals surface area contributed by atoms with Crippen molar-refractivity contribution >= 4 is 5.69 Å². The highest BCUT2D eigenvalue weighted by atomic mass is 16.5. The van der Waals surface area contributed by atoms with Crippen molar-refractivity contribution in [1.29, 1.82) is 0 Å². The minimum atomic E-state index is 0.192. The van der Waals surface area contributed by atoms with Gasteiger partial charge in [0.1, 0.15) is 0 Å². The molecule has 1 aromatic rings. The van der Waals surface area contributed by atoms with Crippen molar-refractivity contribution in [3.05, 3.63) is 18.3 Å². The van der Waals surface area contributed by atoms with E-state index >= 15 is 0 Å². The SMILES string of the molecule is COc1ccc(NCC(C)OC)cn1. The Morgan fingerprint density at radius 1 is 1.43 bits per heavy atom. The van der Waals surface area contributed by atoms with Crippen LogP contribution in [0.15, 0.2) is 18.3 Å². The zero-order valence-corrected chi connectivity index (χ0v) is 8.78. The van der Waals surface area contributed by atoms with E-state index in [4.69, 9.17) is 9.47 Å². The Morgan fingerprint density at radius 3 is 2.71 bits per heavy atom. The fraction of sp³-hybridized carbons (Fsp3) is 0.500. The zero-order chi connectivity index (χ0) is 10.4. The van der Waals surface area contributed by atoms with Gasteiger partial charge in [-0.15, -0.1) is 0 Å². The number of aromatic nitrogens is 1. The summed E-state index contributed by atoms with van der Waals surface area (Å²) in [4.78, 5) is 4.08. The molecule has 78 valence electrons. The second-order valence-corrected chi connectivity index (χ2v) is 3.02. The van der Waals surface area contributed by atoms with E-state index in [1.54, 1.807) is 20.4 Å². The summed E-state index contributed by atoms with van der Waals surface area (Å²) < 4.78 is 10.1. The van der Waals surface area contributed by atoms with E-state index in [2.05, 4.69) is 10.3 Å². The average Bonchev–Trinajstić information content (AvgIpc) is 2.26. The van der Waals surface area contributed by atoms with Crippen LogP contribution in [0.4, 0.5) is 5.69 Å². The van der Waals surface area contributed by atoms with E-state index < -0.39 is 0 Å². The molecule has 0 radical (unpaired) electrons. The summed E-state index contributed by atoms with van der Waals surface area (Å²) in [5.74, 6) is 0.621. The van der Waals surface area contributed by atoms with Crippen LogP contribution in [-0.2, 0) is 4.74 Å². The molecule has 0 saturated heterocycles. The Balaban J connectivity index is 2.43. The number of nitrogens with zero attached hydrogens (tertiary/aromatic N) is 1. The van der Waals surface area contributed by atoms with Crippen LogP contribution in [-0.4, -0.2) is 31.9 Å². The first kappa shape index (κ1) is 10.8. The minimum Gasteiger partial charge on any atom is -0.481 e. The normalized spacial score (nSPS) is 12.2. The Morgan fingerprint density at radius 2 is 2.21 bits per heavy atom. The predicted molar refractivity (Wildman–Crippen MR) is 55.7 cm³/mol. The van der Waals surface area contributed by atoms with Crippen molar-refractivity contribution in [3.8, 4) is 5.88 Å². The van der Waals surface area contributed by atoms with Gasteiger partial charge in [0, 0.05) is 19.7 Å². The third-order valence-electron chi connectivity index (χ3n) is 1.94. The third-order valence-corrected chi connectivity index (χ3v) is 1.94. The summed E-state index contributed by atoms with van der Waals surface area (Å²) in [7, 11) is 3.29. The smallest absolute Gasteiger partial charge is 0.213 e. The summed E-state index contributed by atoms with van der Waals surface area (Å²) >= 11 is 0. The van der Waals surface area contributed by atoms with Crippen LogP contribution < -0.4 is 10.1 Å². The van der Waals surface area contributed by atoms with Gasteiger partial charge in [-0.1, -0.05) is 0 Å². The largest absolute Gasteiger partial charge is 0.481 e. The van der Waals surface area contributed by atoms with Crippen LogP contribution >= 0.6 is 0 Å². The Hall–Kier alpha value is -1.29. The van der Waals surface area contributed by atoms with Crippen molar-refractivity contribution in [2.24, 2.45) is 0 Å². The summed E-state index contributed by atoms with van der Waals surface area (Å²) in [5, 5.41) is 3.20. The first-order valence-corrected chi connectivity index (χ1v) is 4.53. The number of nitrogens with one attached hydrogen (secondary N) is 1. The van der Waals surface area contributed by atoms with E-state index in [1.807, 2.05) is 19.1 Å². The standard InChI is InChI=1S/C10H16N2O2/c1-8(13-2)6-11-9-4-5-10(14-3)12-7-9/h4-5,7-8,11H,6H2,1-3H3. The maximum absolute atomic E-state index is 5.11. The molecule has 1 atom stereocenters. The summed E-state index contributed by atoms with van der Waals surface area (Å²) in [5.41, 5.74) is 0.967. The molecular formula is C10H16N2O2. The molecule has 0 saturated carbocycles. The first-order chi connectivity index (χ1) is 6.76. The van der Waals surface area contributed by atoms with Gasteiger partial charge < -0.3 is 14.8 Å². The first-order valence-electron chi connectivity index (χ1n) is 4.53. The molecule has 1 rings (SSSR count). The van der Waals surface area contributed by atoms with Crippen molar-refractivity contribution in [3.63, 3.8) is 0 Å². The third kappa shape index (κ3) is 3.22. The van der Waals surface area contributed by atoms with E-state index in [-0.39, 0.29) is 6.10 Å². The van der Waals surface area contributed by atoms with Gasteiger partial charge in [0.2, 0.25) is 5.88 Å². The summed E-state index contributed by atoms with van der Waals surface area (Å²) in [6.45, 7) is 2.77. The quantitative estimate of drug-likeness (QED) is 0.775. The van der Waals surface area contributed by atoms with E-state index in [9.17, 15) is 0 Å². The fourth-order valence-electron chi connectivity index (χ4n) is 0.951. The lowest BCUT2D eigenvalue weighted by molar-refractivity contribution is 0.129. The molecule has 0 bridgehead atoms. The molecule has 1 heterocycles. The molecule has 0 aliphatic rings. The highest BCUT2D eigenvalue weighted by Crippen LogP contribution is 2.10. The second kappa shape index (κ2) is 5.44. The van der Waals surface area contributed by atoms with Gasteiger partial charge >= 0.3 is 0 Å². The molecule has 0 aliphatic carbocycles.